The molecule has 7 heteroatoms. The summed E-state index contributed by atoms with van der Waals surface area (Å²) < 4.78 is 19.6. The summed E-state index contributed by atoms with van der Waals surface area (Å²) >= 11 is 2.10. The summed E-state index contributed by atoms with van der Waals surface area (Å²) in [7, 11) is 0. The van der Waals surface area contributed by atoms with Gasteiger partial charge in [0.05, 0.1) is 16.6 Å². The van der Waals surface area contributed by atoms with E-state index in [2.05, 4.69) is 27.6 Å². The molecule has 0 saturated heterocycles. The van der Waals surface area contributed by atoms with Crippen molar-refractivity contribution in [1.82, 2.24) is 9.55 Å². The minimum atomic E-state index is -1.04. The number of ether oxygens (including phenoxy) is 1. The van der Waals surface area contributed by atoms with Crippen molar-refractivity contribution in [3.63, 3.8) is 0 Å². The van der Waals surface area contributed by atoms with Crippen LogP contribution in [0.25, 0.3) is 16.6 Å². The first kappa shape index (κ1) is 14.3. The largest absolute Gasteiger partial charge is 0.461 e. The number of halogens is 2. The second-order valence-corrected chi connectivity index (χ2v) is 6.22. The molecule has 0 amide bonds. The first-order valence-electron chi connectivity index (χ1n) is 6.71. The third-order valence-corrected chi connectivity index (χ3v) is 4.39. The molecule has 0 bridgehead atoms. The van der Waals surface area contributed by atoms with E-state index in [0.717, 1.165) is 3.57 Å². The van der Waals surface area contributed by atoms with Gasteiger partial charge in [0, 0.05) is 3.57 Å². The minimum absolute atomic E-state index is 0.0226. The zero-order chi connectivity index (χ0) is 16.1. The number of carbonyl (C=O) groups is 1. The summed E-state index contributed by atoms with van der Waals surface area (Å²) in [5.74, 6) is -0.161. The lowest BCUT2D eigenvalue weighted by atomic mass is 10.1. The quantitative estimate of drug-likeness (QED) is 0.467. The van der Waals surface area contributed by atoms with Crippen molar-refractivity contribution in [2.45, 2.75) is 0 Å². The van der Waals surface area contributed by atoms with Gasteiger partial charge in [0.15, 0.2) is 5.82 Å². The predicted octanol–water partition coefficient (Wildman–Crippen LogP) is 2.84. The van der Waals surface area contributed by atoms with Gasteiger partial charge in [0.2, 0.25) is 12.6 Å². The van der Waals surface area contributed by atoms with Crippen LogP contribution in [0.5, 0.6) is 5.75 Å². The Bertz CT molecular complexity index is 1050. The molecule has 1 aliphatic heterocycles. The highest BCUT2D eigenvalue weighted by atomic mass is 127. The summed E-state index contributed by atoms with van der Waals surface area (Å²) in [6.07, 6.45) is 0. The number of rotatable bonds is 2. The molecule has 114 valence electrons. The predicted molar refractivity (Wildman–Crippen MR) is 90.1 cm³/mol. The van der Waals surface area contributed by atoms with Gasteiger partial charge in [0.25, 0.3) is 5.56 Å². The molecular formula is C16H8FIN2O3. The van der Waals surface area contributed by atoms with Gasteiger partial charge in [-0.3, -0.25) is 14.2 Å². The third kappa shape index (κ3) is 1.99. The van der Waals surface area contributed by atoms with Crippen molar-refractivity contribution in [3.05, 3.63) is 61.7 Å². The second kappa shape index (κ2) is 5.12. The molecule has 0 fully saturated rings. The molecule has 0 N–H and O–H groups in total. The van der Waals surface area contributed by atoms with E-state index in [-0.39, 0.29) is 33.8 Å². The number of hydrogen-bond acceptors (Lipinski definition) is 4. The maximum absolute atomic E-state index is 12.8. The van der Waals surface area contributed by atoms with Gasteiger partial charge in [-0.1, -0.05) is 6.07 Å². The molecule has 4 rings (SSSR count). The highest BCUT2D eigenvalue weighted by Gasteiger charge is 2.31. The van der Waals surface area contributed by atoms with Crippen molar-refractivity contribution >= 4 is 39.3 Å². The fourth-order valence-electron chi connectivity index (χ4n) is 2.74. The molecular weight excluding hydrogens is 414 g/mol. The highest BCUT2D eigenvalue weighted by molar-refractivity contribution is 14.1. The Morgan fingerprint density at radius 2 is 2.04 bits per heavy atom. The molecule has 5 nitrogen and oxygen atoms in total. The van der Waals surface area contributed by atoms with Gasteiger partial charge in [-0.25, -0.2) is 9.37 Å². The smallest absolute Gasteiger partial charge is 0.266 e. The fourth-order valence-corrected chi connectivity index (χ4v) is 3.23. The van der Waals surface area contributed by atoms with E-state index in [1.165, 1.54) is 10.6 Å². The third-order valence-electron chi connectivity index (χ3n) is 3.72. The van der Waals surface area contributed by atoms with Crippen LogP contribution in [0.4, 0.5) is 4.39 Å². The molecule has 0 aliphatic carbocycles. The zero-order valence-electron chi connectivity index (χ0n) is 11.5. The molecule has 2 aromatic carbocycles. The zero-order valence-corrected chi connectivity index (χ0v) is 13.7. The Balaban J connectivity index is 2.11. The molecule has 0 unspecified atom stereocenters. The average Bonchev–Trinajstić information content (AvgIpc) is 2.82. The topological polar surface area (TPSA) is 61.2 Å². The number of benzene rings is 2. The van der Waals surface area contributed by atoms with E-state index < -0.39 is 6.86 Å². The minimum Gasteiger partial charge on any atom is -0.461 e. The van der Waals surface area contributed by atoms with E-state index in [1.54, 1.807) is 24.3 Å². The van der Waals surface area contributed by atoms with Crippen molar-refractivity contribution in [3.8, 4) is 11.4 Å². The van der Waals surface area contributed by atoms with Gasteiger partial charge in [0.1, 0.15) is 11.3 Å². The number of nitrogens with zero attached hydrogens (tertiary/aromatic N) is 2. The molecule has 23 heavy (non-hydrogen) atoms. The van der Waals surface area contributed by atoms with Gasteiger partial charge >= 0.3 is 0 Å². The van der Waals surface area contributed by atoms with Crippen LogP contribution in [-0.2, 0) is 0 Å². The van der Waals surface area contributed by atoms with Gasteiger partial charge in [-0.2, -0.15) is 0 Å². The highest BCUT2D eigenvalue weighted by Crippen LogP contribution is 2.29. The van der Waals surface area contributed by atoms with Crippen molar-refractivity contribution in [1.29, 1.82) is 0 Å². The fraction of sp³-hybridized carbons (Fsp3) is 0.0625. The lowest BCUT2D eigenvalue weighted by Crippen LogP contribution is -2.21. The molecule has 1 aliphatic rings. The van der Waals surface area contributed by atoms with E-state index in [0.29, 0.717) is 11.3 Å². The van der Waals surface area contributed by atoms with Crippen molar-refractivity contribution < 1.29 is 13.9 Å². The molecule has 3 aromatic rings. The first-order valence-corrected chi connectivity index (χ1v) is 7.79. The van der Waals surface area contributed by atoms with Crippen LogP contribution in [0.15, 0.2) is 41.2 Å². The molecule has 2 heterocycles. The summed E-state index contributed by atoms with van der Waals surface area (Å²) in [5, 5.41) is 0.277. The number of alkyl halides is 1. The normalized spacial score (nSPS) is 12.3. The molecule has 0 spiro atoms. The summed E-state index contributed by atoms with van der Waals surface area (Å²) in [6, 6.07) is 9.95. The van der Waals surface area contributed by atoms with Crippen molar-refractivity contribution in [2.24, 2.45) is 0 Å². The second-order valence-electron chi connectivity index (χ2n) is 4.97. The van der Waals surface area contributed by atoms with Crippen LogP contribution in [0.1, 0.15) is 16.2 Å². The average molecular weight is 422 g/mol. The van der Waals surface area contributed by atoms with Gasteiger partial charge in [-0.15, -0.1) is 0 Å². The monoisotopic (exact) mass is 422 g/mol. The van der Waals surface area contributed by atoms with E-state index in [4.69, 9.17) is 4.74 Å². The summed E-state index contributed by atoms with van der Waals surface area (Å²) in [4.78, 5) is 29.6. The number of fused-ring (bicyclic) bond motifs is 4. The SMILES string of the molecule is O=C1c2cc(I)ccc2-n2c1nc1c(OCF)cccc1c2=O. The lowest BCUT2D eigenvalue weighted by Gasteiger charge is -2.08. The molecule has 0 radical (unpaired) electrons. The van der Waals surface area contributed by atoms with Gasteiger partial charge in [-0.05, 0) is 52.9 Å². The van der Waals surface area contributed by atoms with Crippen LogP contribution in [0, 0.1) is 3.57 Å². The van der Waals surface area contributed by atoms with Crippen LogP contribution >= 0.6 is 22.6 Å². The lowest BCUT2D eigenvalue weighted by molar-refractivity contribution is 0.103. The van der Waals surface area contributed by atoms with Crippen LogP contribution in [0.2, 0.25) is 0 Å². The molecule has 1 aromatic heterocycles. The van der Waals surface area contributed by atoms with Crippen molar-refractivity contribution in [2.75, 3.05) is 6.86 Å². The Kier molecular flexibility index (Phi) is 3.19. The number of hydrogen-bond donors (Lipinski definition) is 0. The van der Waals surface area contributed by atoms with E-state index in [9.17, 15) is 14.0 Å². The van der Waals surface area contributed by atoms with E-state index >= 15 is 0 Å². The first-order chi connectivity index (χ1) is 11.1. The van der Waals surface area contributed by atoms with E-state index in [1.807, 2.05) is 6.07 Å². The standard InChI is InChI=1S/C16H8FIN2O3/c17-7-23-12-3-1-2-9-13(12)19-15-14(21)10-6-8(18)4-5-11(10)20(15)16(9)22/h1-6H,7H2. The van der Waals surface area contributed by atoms with Crippen LogP contribution in [-0.4, -0.2) is 22.2 Å². The van der Waals surface area contributed by atoms with Crippen LogP contribution in [0.3, 0.4) is 0 Å². The summed E-state index contributed by atoms with van der Waals surface area (Å²) in [6.45, 7) is -1.04. The van der Waals surface area contributed by atoms with Gasteiger partial charge < -0.3 is 4.74 Å². The Morgan fingerprint density at radius 3 is 2.83 bits per heavy atom. The Hall–Kier alpha value is -2.29. The number of ketones is 1. The maximum atomic E-state index is 12.8. The Morgan fingerprint density at radius 1 is 1.22 bits per heavy atom. The number of para-hydroxylation sites is 1. The molecule has 0 saturated carbocycles. The summed E-state index contributed by atoms with van der Waals surface area (Å²) in [5.41, 5.74) is 0.770. The number of carbonyl (C=O) groups excluding carboxylic acids is 1. The Labute approximate surface area is 142 Å². The maximum Gasteiger partial charge on any atom is 0.266 e. The molecule has 0 atom stereocenters. The number of aromatic nitrogens is 2. The van der Waals surface area contributed by atoms with Crippen LogP contribution < -0.4 is 10.3 Å².